The van der Waals surface area contributed by atoms with Crippen LogP contribution in [0.4, 0.5) is 22.7 Å². The van der Waals surface area contributed by atoms with E-state index in [1.165, 1.54) is 0 Å². The Hall–Kier alpha value is -3.38. The van der Waals surface area contributed by atoms with Gasteiger partial charge in [0, 0.05) is 11.6 Å². The molecule has 0 aliphatic rings. The summed E-state index contributed by atoms with van der Waals surface area (Å²) < 4.78 is 0. The first kappa shape index (κ1) is 18.7. The highest BCUT2D eigenvalue weighted by Crippen LogP contribution is 2.45. The highest BCUT2D eigenvalue weighted by atomic mass is 16.7. The number of nitrogens with zero attached hydrogens (tertiary/aromatic N) is 5. The second-order valence-corrected chi connectivity index (χ2v) is 4.74. The number of hydrogen-bond donors (Lipinski definition) is 0. The zero-order valence-electron chi connectivity index (χ0n) is 12.7. The molecule has 0 aliphatic heterocycles. The molecule has 0 spiro atoms. The minimum Gasteiger partial charge on any atom is -0.258 e. The van der Waals surface area contributed by atoms with Gasteiger partial charge in [0.15, 0.2) is 5.03 Å². The largest absolute Gasteiger partial charge is 0.382 e. The quantitative estimate of drug-likeness (QED) is 0.506. The van der Waals surface area contributed by atoms with Crippen molar-refractivity contribution in [2.24, 2.45) is 0 Å². The lowest BCUT2D eigenvalue weighted by atomic mass is 10.1. The number of rotatable bonds is 8. The number of nitro benzene ring substituents is 3. The van der Waals surface area contributed by atoms with Gasteiger partial charge in [-0.25, -0.2) is 10.1 Å². The van der Waals surface area contributed by atoms with Crippen molar-refractivity contribution in [3.8, 4) is 0 Å². The number of unbranched alkanes of at least 4 members (excludes halogenated alkanes) is 1. The predicted octanol–water partition coefficient (Wildman–Crippen LogP) is 2.52. The molecule has 0 amide bonds. The first-order valence-electron chi connectivity index (χ1n) is 6.66. The number of hydrogen-bond acceptors (Lipinski definition) is 8. The molecule has 1 aromatic rings. The Kier molecular flexibility index (Phi) is 5.64. The fourth-order valence-corrected chi connectivity index (χ4v) is 2.14. The van der Waals surface area contributed by atoms with E-state index in [1.54, 1.807) is 6.92 Å². The van der Waals surface area contributed by atoms with Crippen molar-refractivity contribution in [2.75, 3.05) is 11.6 Å². The number of hydrazine groups is 1. The zero-order valence-corrected chi connectivity index (χ0v) is 12.7. The van der Waals surface area contributed by atoms with Crippen molar-refractivity contribution in [1.82, 2.24) is 0 Å². The molecule has 0 heterocycles. The number of anilines is 1. The number of benzene rings is 1. The van der Waals surface area contributed by atoms with E-state index in [-0.39, 0.29) is 23.5 Å². The summed E-state index contributed by atoms with van der Waals surface area (Å²) >= 11 is 0. The maximum atomic E-state index is 11.3. The highest BCUT2D eigenvalue weighted by molar-refractivity contribution is 5.82. The van der Waals surface area contributed by atoms with Crippen molar-refractivity contribution in [3.63, 3.8) is 0 Å². The molecule has 1 rings (SSSR count). The molecule has 0 aromatic heterocycles. The molecule has 0 saturated heterocycles. The molecular formula is C11H13N5O8. The first-order chi connectivity index (χ1) is 11.1. The van der Waals surface area contributed by atoms with Crippen molar-refractivity contribution in [3.05, 3.63) is 52.1 Å². The summed E-state index contributed by atoms with van der Waals surface area (Å²) in [5, 5.41) is 44.0. The molecule has 0 fully saturated rings. The lowest BCUT2D eigenvalue weighted by molar-refractivity contribution is -0.498. The van der Waals surface area contributed by atoms with Crippen LogP contribution in [0.5, 0.6) is 0 Å². The van der Waals surface area contributed by atoms with E-state index >= 15 is 0 Å². The predicted molar refractivity (Wildman–Crippen MR) is 80.4 cm³/mol. The Morgan fingerprint density at radius 1 is 0.958 bits per heavy atom. The summed E-state index contributed by atoms with van der Waals surface area (Å²) in [7, 11) is 0. The van der Waals surface area contributed by atoms with E-state index in [2.05, 4.69) is 0 Å². The van der Waals surface area contributed by atoms with E-state index in [9.17, 15) is 40.5 Å². The monoisotopic (exact) mass is 343 g/mol. The van der Waals surface area contributed by atoms with Gasteiger partial charge in [0.05, 0.1) is 21.3 Å². The van der Waals surface area contributed by atoms with E-state index in [1.807, 2.05) is 0 Å². The van der Waals surface area contributed by atoms with E-state index in [0.29, 0.717) is 6.42 Å². The van der Waals surface area contributed by atoms with Gasteiger partial charge < -0.3 is 0 Å². The summed E-state index contributed by atoms with van der Waals surface area (Å²) in [5.41, 5.74) is -4.54. The second kappa shape index (κ2) is 7.26. The fraction of sp³-hybridized carbons (Fsp3) is 0.455. The van der Waals surface area contributed by atoms with Crippen LogP contribution >= 0.6 is 0 Å². The normalized spacial score (nSPS) is 10.2. The van der Waals surface area contributed by atoms with Crippen LogP contribution in [0.25, 0.3) is 0 Å². The molecule has 0 aliphatic carbocycles. The summed E-state index contributed by atoms with van der Waals surface area (Å²) in [6.07, 6.45) is 0.677. The Bertz CT molecular complexity index is 719. The molecule has 0 N–H and O–H groups in total. The standard InChI is InChI=1S/C11H13N5O8/c1-3-4-5-12(16(23)24)10-8(13(17)18)6-7(2)9(14(19)20)11(10)15(21)22/h6H,3-5H2,1-2H3. The number of aryl methyl sites for hydroxylation is 1. The smallest absolute Gasteiger partial charge is 0.258 e. The third kappa shape index (κ3) is 3.50. The summed E-state index contributed by atoms with van der Waals surface area (Å²) in [4.78, 5) is 41.5. The molecule has 0 saturated carbocycles. The average molecular weight is 343 g/mol. The van der Waals surface area contributed by atoms with E-state index in [4.69, 9.17) is 0 Å². The van der Waals surface area contributed by atoms with Crippen LogP contribution in [0, 0.1) is 47.4 Å². The molecule has 1 aromatic carbocycles. The molecule has 0 bridgehead atoms. The summed E-state index contributed by atoms with van der Waals surface area (Å²) in [6, 6.07) is 0.725. The minimum absolute atomic E-state index is 0.205. The Morgan fingerprint density at radius 2 is 1.50 bits per heavy atom. The van der Waals surface area contributed by atoms with Crippen LogP contribution in [0.3, 0.4) is 0 Å². The molecule has 0 unspecified atom stereocenters. The van der Waals surface area contributed by atoms with E-state index in [0.717, 1.165) is 13.0 Å². The van der Waals surface area contributed by atoms with Gasteiger partial charge in [0.1, 0.15) is 0 Å². The summed E-state index contributed by atoms with van der Waals surface area (Å²) in [6.45, 7) is 2.41. The van der Waals surface area contributed by atoms with Crippen LogP contribution in [0.1, 0.15) is 25.3 Å². The molecule has 24 heavy (non-hydrogen) atoms. The molecule has 130 valence electrons. The fourth-order valence-electron chi connectivity index (χ4n) is 2.14. The van der Waals surface area contributed by atoms with Gasteiger partial charge >= 0.3 is 17.1 Å². The SMILES string of the molecule is CCCCN(c1c([N+](=O)[O-])cc(C)c([N+](=O)[O-])c1[N+](=O)[O-])[N+](=O)[O-]. The Morgan fingerprint density at radius 3 is 1.88 bits per heavy atom. The third-order valence-corrected chi connectivity index (χ3v) is 3.16. The second-order valence-electron chi connectivity index (χ2n) is 4.74. The highest BCUT2D eigenvalue weighted by Gasteiger charge is 2.44. The van der Waals surface area contributed by atoms with Gasteiger partial charge in [-0.3, -0.25) is 30.3 Å². The van der Waals surface area contributed by atoms with Gasteiger partial charge in [0.25, 0.3) is 5.69 Å². The maximum Gasteiger partial charge on any atom is 0.382 e. The topological polar surface area (TPSA) is 176 Å². The van der Waals surface area contributed by atoms with Gasteiger partial charge in [-0.05, 0) is 13.3 Å². The van der Waals surface area contributed by atoms with E-state index < -0.39 is 42.6 Å². The average Bonchev–Trinajstić information content (AvgIpc) is 2.46. The van der Waals surface area contributed by atoms with Crippen LogP contribution in [0.2, 0.25) is 0 Å². The van der Waals surface area contributed by atoms with Gasteiger partial charge in [0.2, 0.25) is 0 Å². The minimum atomic E-state index is -1.26. The molecular weight excluding hydrogens is 330 g/mol. The lowest BCUT2D eigenvalue weighted by Crippen LogP contribution is -2.32. The Labute approximate surface area is 134 Å². The molecule has 0 atom stereocenters. The summed E-state index contributed by atoms with van der Waals surface area (Å²) in [5.74, 6) is 0. The van der Waals surface area contributed by atoms with Crippen LogP contribution in [-0.2, 0) is 0 Å². The molecule has 13 nitrogen and oxygen atoms in total. The third-order valence-electron chi connectivity index (χ3n) is 3.16. The van der Waals surface area contributed by atoms with Crippen molar-refractivity contribution >= 4 is 22.7 Å². The van der Waals surface area contributed by atoms with Crippen LogP contribution in [-0.4, -0.2) is 26.3 Å². The van der Waals surface area contributed by atoms with Gasteiger partial charge in [-0.1, -0.05) is 18.4 Å². The zero-order chi connectivity index (χ0) is 18.6. The molecule has 0 radical (unpaired) electrons. The van der Waals surface area contributed by atoms with Crippen molar-refractivity contribution in [1.29, 1.82) is 0 Å². The van der Waals surface area contributed by atoms with Gasteiger partial charge in [-0.2, -0.15) is 0 Å². The van der Waals surface area contributed by atoms with Gasteiger partial charge in [-0.15, -0.1) is 0 Å². The first-order valence-corrected chi connectivity index (χ1v) is 6.66. The Balaban J connectivity index is 3.91. The van der Waals surface area contributed by atoms with Crippen LogP contribution in [0.15, 0.2) is 6.07 Å². The van der Waals surface area contributed by atoms with Crippen molar-refractivity contribution in [2.45, 2.75) is 26.7 Å². The maximum absolute atomic E-state index is 11.3. The number of nitro groups is 4. The van der Waals surface area contributed by atoms with Crippen molar-refractivity contribution < 1.29 is 19.8 Å². The van der Waals surface area contributed by atoms with Crippen LogP contribution < -0.4 is 5.01 Å². The molecule has 13 heteroatoms. The lowest BCUT2D eigenvalue weighted by Gasteiger charge is -2.14.